The van der Waals surface area contributed by atoms with Crippen molar-refractivity contribution in [2.75, 3.05) is 13.2 Å². The van der Waals surface area contributed by atoms with E-state index in [2.05, 4.69) is 5.32 Å². The van der Waals surface area contributed by atoms with E-state index in [-0.39, 0.29) is 25.0 Å². The van der Waals surface area contributed by atoms with Crippen molar-refractivity contribution in [3.8, 4) is 5.75 Å². The predicted molar refractivity (Wildman–Crippen MR) is 116 cm³/mol. The zero-order valence-electron chi connectivity index (χ0n) is 17.7. The number of nitrogens with zero attached hydrogens (tertiary/aromatic N) is 1. The number of hydrogen-bond donors (Lipinski definition) is 1. The van der Waals surface area contributed by atoms with E-state index in [0.717, 1.165) is 5.56 Å². The summed E-state index contributed by atoms with van der Waals surface area (Å²) >= 11 is 6.02. The van der Waals surface area contributed by atoms with Crippen LogP contribution in [0.25, 0.3) is 0 Å². The van der Waals surface area contributed by atoms with Crippen LogP contribution in [0.2, 0.25) is 5.02 Å². The summed E-state index contributed by atoms with van der Waals surface area (Å²) in [6.07, 6.45) is 0. The highest BCUT2D eigenvalue weighted by Crippen LogP contribution is 2.21. The third kappa shape index (κ3) is 6.73. The van der Waals surface area contributed by atoms with Crippen molar-refractivity contribution in [3.05, 3.63) is 64.4 Å². The Hall–Kier alpha value is -2.60. The molecule has 2 amide bonds. The average Bonchev–Trinajstić information content (AvgIpc) is 2.71. The SMILES string of the molecule is Cc1cc(OCC(=O)N(Cc2ccccc2F)[C@@H](C)C(=O)NCC(C)C)ccc1Cl. The lowest BCUT2D eigenvalue weighted by Gasteiger charge is -2.29. The minimum atomic E-state index is -0.786. The molecule has 0 aliphatic heterocycles. The van der Waals surface area contributed by atoms with Crippen molar-refractivity contribution in [1.29, 1.82) is 0 Å². The Morgan fingerprint density at radius 3 is 2.50 bits per heavy atom. The molecule has 30 heavy (non-hydrogen) atoms. The first-order valence-corrected chi connectivity index (χ1v) is 10.3. The highest BCUT2D eigenvalue weighted by Gasteiger charge is 2.27. The van der Waals surface area contributed by atoms with Crippen LogP contribution in [0.1, 0.15) is 31.9 Å². The van der Waals surface area contributed by atoms with Crippen LogP contribution in [0.4, 0.5) is 4.39 Å². The summed E-state index contributed by atoms with van der Waals surface area (Å²) in [6, 6.07) is 10.5. The van der Waals surface area contributed by atoms with Gasteiger partial charge in [0.1, 0.15) is 17.6 Å². The molecule has 2 aromatic rings. The second-order valence-corrected chi connectivity index (χ2v) is 8.03. The van der Waals surface area contributed by atoms with Gasteiger partial charge in [-0.3, -0.25) is 9.59 Å². The van der Waals surface area contributed by atoms with E-state index in [0.29, 0.717) is 22.9 Å². The maximum atomic E-state index is 14.2. The minimum absolute atomic E-state index is 0.0369. The van der Waals surface area contributed by atoms with Crippen molar-refractivity contribution in [3.63, 3.8) is 0 Å². The van der Waals surface area contributed by atoms with Gasteiger partial charge in [0.2, 0.25) is 5.91 Å². The smallest absolute Gasteiger partial charge is 0.261 e. The van der Waals surface area contributed by atoms with E-state index in [1.165, 1.54) is 11.0 Å². The number of ether oxygens (including phenoxy) is 1. The molecule has 2 aromatic carbocycles. The van der Waals surface area contributed by atoms with Crippen molar-refractivity contribution in [2.45, 2.75) is 40.3 Å². The number of halogens is 2. The molecular weight excluding hydrogens is 407 g/mol. The van der Waals surface area contributed by atoms with E-state index >= 15 is 0 Å². The van der Waals surface area contributed by atoms with Crippen LogP contribution in [0.15, 0.2) is 42.5 Å². The van der Waals surface area contributed by atoms with E-state index in [4.69, 9.17) is 16.3 Å². The molecule has 0 fully saturated rings. The van der Waals surface area contributed by atoms with Crippen molar-refractivity contribution in [2.24, 2.45) is 5.92 Å². The molecule has 2 rings (SSSR count). The van der Waals surface area contributed by atoms with Gasteiger partial charge in [-0.15, -0.1) is 0 Å². The summed E-state index contributed by atoms with van der Waals surface area (Å²) in [5, 5.41) is 3.43. The first-order valence-electron chi connectivity index (χ1n) is 9.88. The van der Waals surface area contributed by atoms with Gasteiger partial charge >= 0.3 is 0 Å². The maximum Gasteiger partial charge on any atom is 0.261 e. The molecule has 1 N–H and O–H groups in total. The Morgan fingerprint density at radius 1 is 1.17 bits per heavy atom. The van der Waals surface area contributed by atoms with Gasteiger partial charge in [0.25, 0.3) is 5.91 Å². The molecule has 0 unspecified atom stereocenters. The summed E-state index contributed by atoms with van der Waals surface area (Å²) in [7, 11) is 0. The molecule has 0 saturated heterocycles. The summed E-state index contributed by atoms with van der Waals surface area (Å²) < 4.78 is 19.8. The van der Waals surface area contributed by atoms with Gasteiger partial charge in [0, 0.05) is 23.7 Å². The molecule has 0 bridgehead atoms. The lowest BCUT2D eigenvalue weighted by Crippen LogP contribution is -2.49. The van der Waals surface area contributed by atoms with Gasteiger partial charge in [0.15, 0.2) is 6.61 Å². The molecule has 0 aromatic heterocycles. The van der Waals surface area contributed by atoms with Gasteiger partial charge in [-0.1, -0.05) is 43.6 Å². The molecule has 0 heterocycles. The van der Waals surface area contributed by atoms with Crippen LogP contribution >= 0.6 is 11.6 Å². The molecular formula is C23H28ClFN2O3. The van der Waals surface area contributed by atoms with E-state index in [1.54, 1.807) is 43.3 Å². The van der Waals surface area contributed by atoms with Gasteiger partial charge in [0.05, 0.1) is 0 Å². The molecule has 0 radical (unpaired) electrons. The molecule has 0 spiro atoms. The highest BCUT2D eigenvalue weighted by molar-refractivity contribution is 6.31. The average molecular weight is 435 g/mol. The Morgan fingerprint density at radius 2 is 1.87 bits per heavy atom. The molecule has 5 nitrogen and oxygen atoms in total. The molecule has 1 atom stereocenters. The predicted octanol–water partition coefficient (Wildman–Crippen LogP) is 4.36. The third-order valence-electron chi connectivity index (χ3n) is 4.64. The zero-order chi connectivity index (χ0) is 22.3. The number of carbonyl (C=O) groups excluding carboxylic acids is 2. The number of aryl methyl sites for hydroxylation is 1. The van der Waals surface area contributed by atoms with Crippen LogP contribution in [0.5, 0.6) is 5.75 Å². The van der Waals surface area contributed by atoms with Crippen LogP contribution in [0, 0.1) is 18.7 Å². The van der Waals surface area contributed by atoms with Crippen LogP contribution in [-0.2, 0) is 16.1 Å². The monoisotopic (exact) mass is 434 g/mol. The van der Waals surface area contributed by atoms with Crippen molar-refractivity contribution >= 4 is 23.4 Å². The van der Waals surface area contributed by atoms with Crippen molar-refractivity contribution in [1.82, 2.24) is 10.2 Å². The summed E-state index contributed by atoms with van der Waals surface area (Å²) in [6.45, 7) is 7.60. The first kappa shape index (κ1) is 23.7. The summed E-state index contributed by atoms with van der Waals surface area (Å²) in [5.74, 6) is -0.380. The molecule has 162 valence electrons. The maximum absolute atomic E-state index is 14.2. The Balaban J connectivity index is 2.16. The van der Waals surface area contributed by atoms with E-state index in [1.807, 2.05) is 20.8 Å². The fourth-order valence-electron chi connectivity index (χ4n) is 2.78. The normalized spacial score (nSPS) is 11.8. The Kier molecular flexibility index (Phi) is 8.66. The summed E-state index contributed by atoms with van der Waals surface area (Å²) in [4.78, 5) is 26.8. The number of hydrogen-bond acceptors (Lipinski definition) is 3. The molecule has 0 aliphatic rings. The lowest BCUT2D eigenvalue weighted by atomic mass is 10.1. The second-order valence-electron chi connectivity index (χ2n) is 7.63. The topological polar surface area (TPSA) is 58.6 Å². The quantitative estimate of drug-likeness (QED) is 0.638. The largest absolute Gasteiger partial charge is 0.484 e. The van der Waals surface area contributed by atoms with Gasteiger partial charge < -0.3 is 15.0 Å². The number of amides is 2. The molecule has 0 aliphatic carbocycles. The Bertz CT molecular complexity index is 889. The van der Waals surface area contributed by atoms with E-state index in [9.17, 15) is 14.0 Å². The zero-order valence-corrected chi connectivity index (χ0v) is 18.5. The van der Waals surface area contributed by atoms with Gasteiger partial charge in [-0.2, -0.15) is 0 Å². The standard InChI is InChI=1S/C23H28ClFN2O3/c1-15(2)12-26-23(29)17(4)27(13-18-7-5-6-8-21(18)25)22(28)14-30-19-9-10-20(24)16(3)11-19/h5-11,15,17H,12-14H2,1-4H3,(H,26,29)/t17-/m0/s1. The number of benzene rings is 2. The second kappa shape index (κ2) is 11.0. The van der Waals surface area contributed by atoms with Crippen LogP contribution in [-0.4, -0.2) is 35.9 Å². The van der Waals surface area contributed by atoms with Crippen LogP contribution in [0.3, 0.4) is 0 Å². The van der Waals surface area contributed by atoms with Crippen molar-refractivity contribution < 1.29 is 18.7 Å². The highest BCUT2D eigenvalue weighted by atomic mass is 35.5. The summed E-state index contributed by atoms with van der Waals surface area (Å²) in [5.41, 5.74) is 1.16. The van der Waals surface area contributed by atoms with Crippen LogP contribution < -0.4 is 10.1 Å². The molecule has 7 heteroatoms. The third-order valence-corrected chi connectivity index (χ3v) is 5.07. The Labute approximate surface area is 182 Å². The van der Waals surface area contributed by atoms with E-state index < -0.39 is 17.8 Å². The minimum Gasteiger partial charge on any atom is -0.484 e. The number of rotatable bonds is 9. The fourth-order valence-corrected chi connectivity index (χ4v) is 2.90. The number of nitrogens with one attached hydrogen (secondary N) is 1. The van der Waals surface area contributed by atoms with Gasteiger partial charge in [-0.25, -0.2) is 4.39 Å². The molecule has 0 saturated carbocycles. The van der Waals surface area contributed by atoms with Gasteiger partial charge in [-0.05, 0) is 49.6 Å². The lowest BCUT2D eigenvalue weighted by molar-refractivity contribution is -0.142. The fraction of sp³-hybridized carbons (Fsp3) is 0.391. The first-order chi connectivity index (χ1) is 14.2. The number of carbonyl (C=O) groups is 2.